The molecule has 6 heteroatoms. The molecule has 2 amide bonds. The smallest absolute Gasteiger partial charge is 0.321 e. The average molecular weight is 305 g/mol. The van der Waals surface area contributed by atoms with Crippen molar-refractivity contribution >= 4 is 27.6 Å². The molecule has 0 saturated carbocycles. The molecule has 0 bridgehead atoms. The van der Waals surface area contributed by atoms with Gasteiger partial charge in [-0.1, -0.05) is 0 Å². The Balaban J connectivity index is 2.12. The van der Waals surface area contributed by atoms with Crippen LogP contribution < -0.4 is 5.32 Å². The minimum atomic E-state index is -0.779. The molecule has 1 saturated heterocycles. The highest BCUT2D eigenvalue weighted by molar-refractivity contribution is 9.10. The molecule has 0 atom stereocenters. The molecule has 1 aliphatic rings. The summed E-state index contributed by atoms with van der Waals surface area (Å²) in [6.07, 6.45) is 1.92. The molecule has 92 valence electrons. The van der Waals surface area contributed by atoms with E-state index in [1.165, 1.54) is 6.07 Å². The third kappa shape index (κ3) is 2.74. The van der Waals surface area contributed by atoms with Gasteiger partial charge in [0.05, 0.1) is 10.2 Å². The van der Waals surface area contributed by atoms with Gasteiger partial charge < -0.3 is 10.2 Å². The fourth-order valence-corrected chi connectivity index (χ4v) is 2.08. The largest absolute Gasteiger partial charge is 0.325 e. The van der Waals surface area contributed by atoms with Crippen molar-refractivity contribution in [3.8, 4) is 0 Å². The molecule has 1 aromatic rings. The topological polar surface area (TPSA) is 32.3 Å². The van der Waals surface area contributed by atoms with E-state index in [0.29, 0.717) is 13.1 Å². The molecule has 0 aliphatic carbocycles. The van der Waals surface area contributed by atoms with Crippen LogP contribution in [0, 0.1) is 11.6 Å². The van der Waals surface area contributed by atoms with E-state index < -0.39 is 11.6 Å². The SMILES string of the molecule is O=C(Nc1cc(Br)c(F)cc1F)N1CCCC1. The van der Waals surface area contributed by atoms with Crippen LogP contribution >= 0.6 is 15.9 Å². The average Bonchev–Trinajstić information content (AvgIpc) is 2.79. The van der Waals surface area contributed by atoms with Gasteiger partial charge >= 0.3 is 6.03 Å². The summed E-state index contributed by atoms with van der Waals surface area (Å²) in [5, 5.41) is 2.44. The second-order valence-corrected chi connectivity index (χ2v) is 4.72. The van der Waals surface area contributed by atoms with E-state index in [0.717, 1.165) is 18.9 Å². The van der Waals surface area contributed by atoms with Crippen molar-refractivity contribution < 1.29 is 13.6 Å². The first-order valence-electron chi connectivity index (χ1n) is 5.28. The highest BCUT2D eigenvalue weighted by Crippen LogP contribution is 2.24. The summed E-state index contributed by atoms with van der Waals surface area (Å²) in [5.41, 5.74) is -0.0184. The summed E-state index contributed by atoms with van der Waals surface area (Å²) in [6, 6.07) is 1.61. The molecule has 0 spiro atoms. The summed E-state index contributed by atoms with van der Waals surface area (Å²) in [6.45, 7) is 1.35. The van der Waals surface area contributed by atoms with Crippen LogP contribution in [0.2, 0.25) is 0 Å². The Labute approximate surface area is 106 Å². The van der Waals surface area contributed by atoms with Crippen LogP contribution in [0.5, 0.6) is 0 Å². The summed E-state index contributed by atoms with van der Waals surface area (Å²) in [4.78, 5) is 13.3. The lowest BCUT2D eigenvalue weighted by Gasteiger charge is -2.16. The number of halogens is 3. The van der Waals surface area contributed by atoms with Gasteiger partial charge in [-0.15, -0.1) is 0 Å². The first-order valence-corrected chi connectivity index (χ1v) is 6.07. The molecule has 17 heavy (non-hydrogen) atoms. The molecule has 1 aliphatic heterocycles. The fraction of sp³-hybridized carbons (Fsp3) is 0.364. The lowest BCUT2D eigenvalue weighted by Crippen LogP contribution is -2.32. The maximum absolute atomic E-state index is 13.4. The number of urea groups is 1. The number of rotatable bonds is 1. The number of amides is 2. The number of nitrogens with one attached hydrogen (secondary N) is 1. The standard InChI is InChI=1S/C11H11BrF2N2O/c12-7-5-10(9(14)6-8(7)13)15-11(17)16-3-1-2-4-16/h5-6H,1-4H2,(H,15,17). The van der Waals surface area contributed by atoms with Crippen LogP contribution in [0.1, 0.15) is 12.8 Å². The summed E-state index contributed by atoms with van der Waals surface area (Å²) >= 11 is 2.95. The van der Waals surface area contributed by atoms with E-state index in [1.54, 1.807) is 4.90 Å². The monoisotopic (exact) mass is 304 g/mol. The van der Waals surface area contributed by atoms with E-state index in [-0.39, 0.29) is 16.2 Å². The third-order valence-corrected chi connectivity index (χ3v) is 3.25. The highest BCUT2D eigenvalue weighted by atomic mass is 79.9. The van der Waals surface area contributed by atoms with E-state index in [2.05, 4.69) is 21.2 Å². The van der Waals surface area contributed by atoms with Crippen molar-refractivity contribution in [3.63, 3.8) is 0 Å². The molecular weight excluding hydrogens is 294 g/mol. The molecule has 1 aromatic carbocycles. The highest BCUT2D eigenvalue weighted by Gasteiger charge is 2.19. The van der Waals surface area contributed by atoms with Gasteiger partial charge in [-0.3, -0.25) is 0 Å². The molecule has 2 rings (SSSR count). The Morgan fingerprint density at radius 1 is 1.24 bits per heavy atom. The first kappa shape index (κ1) is 12.3. The maximum atomic E-state index is 13.4. The first-order chi connectivity index (χ1) is 8.08. The molecule has 1 N–H and O–H groups in total. The lowest BCUT2D eigenvalue weighted by molar-refractivity contribution is 0.222. The number of anilines is 1. The Morgan fingerprint density at radius 2 is 1.88 bits per heavy atom. The van der Waals surface area contributed by atoms with E-state index in [1.807, 2.05) is 0 Å². The summed E-state index contributed by atoms with van der Waals surface area (Å²) in [7, 11) is 0. The van der Waals surface area contributed by atoms with Crippen molar-refractivity contribution in [2.75, 3.05) is 18.4 Å². The molecule has 0 radical (unpaired) electrons. The number of hydrogen-bond acceptors (Lipinski definition) is 1. The zero-order chi connectivity index (χ0) is 12.4. The van der Waals surface area contributed by atoms with Crippen LogP contribution in [0.3, 0.4) is 0 Å². The number of carbonyl (C=O) groups excluding carboxylic acids is 1. The van der Waals surface area contributed by atoms with Crippen molar-refractivity contribution in [1.29, 1.82) is 0 Å². The Hall–Kier alpha value is -1.17. The second-order valence-electron chi connectivity index (χ2n) is 3.87. The van der Waals surface area contributed by atoms with Crippen molar-refractivity contribution in [2.24, 2.45) is 0 Å². The van der Waals surface area contributed by atoms with Crippen LogP contribution in [0.15, 0.2) is 16.6 Å². The molecule has 1 fully saturated rings. The molecular formula is C11H11BrF2N2O. The van der Waals surface area contributed by atoms with Crippen LogP contribution in [-0.4, -0.2) is 24.0 Å². The minimum absolute atomic E-state index is 0.0184. The minimum Gasteiger partial charge on any atom is -0.325 e. The Kier molecular flexibility index (Phi) is 3.61. The fourth-order valence-electron chi connectivity index (χ4n) is 1.73. The van der Waals surface area contributed by atoms with Gasteiger partial charge in [0.15, 0.2) is 0 Å². The lowest BCUT2D eigenvalue weighted by atomic mass is 10.3. The van der Waals surface area contributed by atoms with E-state index in [9.17, 15) is 13.6 Å². The number of carbonyl (C=O) groups is 1. The predicted octanol–water partition coefficient (Wildman–Crippen LogP) is 3.36. The van der Waals surface area contributed by atoms with Crippen LogP contribution in [0.4, 0.5) is 19.3 Å². The van der Waals surface area contributed by atoms with Gasteiger partial charge in [0, 0.05) is 19.2 Å². The van der Waals surface area contributed by atoms with Crippen molar-refractivity contribution in [1.82, 2.24) is 4.90 Å². The molecule has 0 aromatic heterocycles. The van der Waals surface area contributed by atoms with Crippen LogP contribution in [-0.2, 0) is 0 Å². The zero-order valence-electron chi connectivity index (χ0n) is 8.97. The van der Waals surface area contributed by atoms with Gasteiger partial charge in [-0.25, -0.2) is 13.6 Å². The maximum Gasteiger partial charge on any atom is 0.321 e. The Morgan fingerprint density at radius 3 is 2.53 bits per heavy atom. The van der Waals surface area contributed by atoms with Crippen molar-refractivity contribution in [3.05, 3.63) is 28.2 Å². The third-order valence-electron chi connectivity index (χ3n) is 2.64. The molecule has 3 nitrogen and oxygen atoms in total. The number of likely N-dealkylation sites (tertiary alicyclic amines) is 1. The van der Waals surface area contributed by atoms with Gasteiger partial charge in [0.1, 0.15) is 11.6 Å². The van der Waals surface area contributed by atoms with E-state index >= 15 is 0 Å². The summed E-state index contributed by atoms with van der Waals surface area (Å²) < 4.78 is 26.5. The molecule has 0 unspecified atom stereocenters. The normalized spacial score (nSPS) is 15.1. The van der Waals surface area contributed by atoms with Crippen LogP contribution in [0.25, 0.3) is 0 Å². The second kappa shape index (κ2) is 5.00. The van der Waals surface area contributed by atoms with Gasteiger partial charge in [0.25, 0.3) is 0 Å². The van der Waals surface area contributed by atoms with Gasteiger partial charge in [-0.05, 0) is 34.8 Å². The van der Waals surface area contributed by atoms with E-state index in [4.69, 9.17) is 0 Å². The number of benzene rings is 1. The summed E-state index contributed by atoms with van der Waals surface area (Å²) in [5.74, 6) is -1.47. The Bertz CT molecular complexity index is 447. The number of nitrogens with zero attached hydrogens (tertiary/aromatic N) is 1. The molecule has 1 heterocycles. The van der Waals surface area contributed by atoms with Crippen molar-refractivity contribution in [2.45, 2.75) is 12.8 Å². The quantitative estimate of drug-likeness (QED) is 0.793. The van der Waals surface area contributed by atoms with Gasteiger partial charge in [0.2, 0.25) is 0 Å². The van der Waals surface area contributed by atoms with Gasteiger partial charge in [-0.2, -0.15) is 0 Å². The number of hydrogen-bond donors (Lipinski definition) is 1. The predicted molar refractivity (Wildman–Crippen MR) is 63.9 cm³/mol. The zero-order valence-corrected chi connectivity index (χ0v) is 10.6.